The summed E-state index contributed by atoms with van der Waals surface area (Å²) >= 11 is 0. The molecular weight excluding hydrogens is 1700 g/mol. The van der Waals surface area contributed by atoms with E-state index in [1.807, 2.05) is 109 Å². The molecule has 4 heterocycles. The van der Waals surface area contributed by atoms with Crippen LogP contribution in [0, 0.1) is 0 Å². The number of benzene rings is 20. The third kappa shape index (κ3) is 13.5. The summed E-state index contributed by atoms with van der Waals surface area (Å²) in [5.41, 5.74) is 26.3. The van der Waals surface area contributed by atoms with E-state index in [1.54, 1.807) is 24.3 Å². The molecule has 1 aromatic heterocycles. The number of nitrogens with zero attached hydrogens (tertiary/aromatic N) is 5. The van der Waals surface area contributed by atoms with E-state index in [0.717, 1.165) is 122 Å². The van der Waals surface area contributed by atoms with Gasteiger partial charge in [0.25, 0.3) is 0 Å². The van der Waals surface area contributed by atoms with Crippen molar-refractivity contribution in [2.24, 2.45) is 0 Å². The van der Waals surface area contributed by atoms with E-state index in [1.165, 1.54) is 89.5 Å². The molecule has 11 heteroatoms. The zero-order valence-corrected chi connectivity index (χ0v) is 76.2. The fraction of sp³-hybridized carbons (Fsp3) is 0.0469. The van der Waals surface area contributed by atoms with Crippen LogP contribution < -0.4 is 14.7 Å². The van der Waals surface area contributed by atoms with Gasteiger partial charge in [-0.15, -0.1) is 0 Å². The van der Waals surface area contributed by atoms with Gasteiger partial charge in [0.1, 0.15) is 11.4 Å². The van der Waals surface area contributed by atoms with Crippen LogP contribution in [0.2, 0.25) is 0 Å². The third-order valence-electron chi connectivity index (χ3n) is 28.7. The van der Waals surface area contributed by atoms with Crippen molar-refractivity contribution < 1.29 is 28.8 Å². The van der Waals surface area contributed by atoms with E-state index in [0.29, 0.717) is 22.3 Å². The number of para-hydroxylation sites is 3. The molecule has 0 saturated heterocycles. The Labute approximate surface area is 801 Å². The lowest BCUT2D eigenvalue weighted by molar-refractivity contribution is 0.0973. The van der Waals surface area contributed by atoms with Gasteiger partial charge >= 0.3 is 0 Å². The Balaban J connectivity index is 0.000000111. The zero-order valence-electron chi connectivity index (χ0n) is 76.2. The van der Waals surface area contributed by atoms with Crippen molar-refractivity contribution in [3.8, 4) is 33.4 Å². The number of hydrogen-bond acceptors (Lipinski definition) is 11. The zero-order chi connectivity index (χ0) is 93.8. The maximum Gasteiger partial charge on any atom is 0.217 e. The molecule has 11 nitrogen and oxygen atoms in total. The molecule has 139 heavy (non-hydrogen) atoms. The molecule has 21 aromatic rings. The quantitative estimate of drug-likeness (QED) is 0.111. The van der Waals surface area contributed by atoms with Crippen molar-refractivity contribution in [3.63, 3.8) is 0 Å². The van der Waals surface area contributed by atoms with Crippen molar-refractivity contribution in [1.29, 1.82) is 0 Å². The second-order valence-electron chi connectivity index (χ2n) is 37.6. The van der Waals surface area contributed by atoms with Crippen molar-refractivity contribution in [2.75, 3.05) is 14.7 Å². The van der Waals surface area contributed by atoms with Gasteiger partial charge in [0.2, 0.25) is 11.6 Å². The first-order valence-electron chi connectivity index (χ1n) is 46.8. The first-order valence-corrected chi connectivity index (χ1v) is 46.8. The Kier molecular flexibility index (Phi) is 19.3. The highest BCUT2D eigenvalue weighted by Crippen LogP contribution is 2.59. The monoisotopic (exact) mass is 1790 g/mol. The summed E-state index contributed by atoms with van der Waals surface area (Å²) < 4.78 is 0. The summed E-state index contributed by atoms with van der Waals surface area (Å²) in [6.45, 7) is 9.22. The van der Waals surface area contributed by atoms with Gasteiger partial charge in [0.05, 0.1) is 50.8 Å². The van der Waals surface area contributed by atoms with Gasteiger partial charge in [0, 0.05) is 73.7 Å². The Morgan fingerprint density at radius 3 is 0.993 bits per heavy atom. The molecular formula is C128H83N5O6. The molecule has 0 saturated carbocycles. The highest BCUT2D eigenvalue weighted by molar-refractivity contribution is 6.43. The molecule has 3 aliphatic heterocycles. The van der Waals surface area contributed by atoms with E-state index >= 15 is 0 Å². The number of rotatable bonds is 7. The maximum absolute atomic E-state index is 13.6. The smallest absolute Gasteiger partial charge is 0.217 e. The minimum atomic E-state index is -0.378. The van der Waals surface area contributed by atoms with Crippen LogP contribution in [-0.4, -0.2) is 44.7 Å². The van der Waals surface area contributed by atoms with Crippen LogP contribution in [0.15, 0.2) is 429 Å². The summed E-state index contributed by atoms with van der Waals surface area (Å²) in [6, 6.07) is 139. The molecule has 20 aromatic carbocycles. The molecule has 27 rings (SSSR count). The fourth-order valence-corrected chi connectivity index (χ4v) is 22.1. The van der Waals surface area contributed by atoms with Crippen molar-refractivity contribution >= 4 is 180 Å². The number of carbonyl (C=O) groups excluding carboxylic acids is 6. The molecule has 0 spiro atoms. The predicted molar refractivity (Wildman–Crippen MR) is 565 cm³/mol. The van der Waals surface area contributed by atoms with Gasteiger partial charge in [-0.3, -0.25) is 28.8 Å². The molecule has 6 aliphatic rings. The van der Waals surface area contributed by atoms with Crippen LogP contribution in [0.3, 0.4) is 0 Å². The summed E-state index contributed by atoms with van der Waals surface area (Å²) in [5.74, 6) is -1.63. The first kappa shape index (κ1) is 82.8. The Hall–Kier alpha value is -18.1. The lowest BCUT2D eigenvalue weighted by Gasteiger charge is -2.43. The number of ketones is 6. The van der Waals surface area contributed by atoms with Crippen LogP contribution >= 0.6 is 0 Å². The molecule has 0 N–H and O–H groups in total. The first-order chi connectivity index (χ1) is 67.9. The molecule has 0 atom stereocenters. The number of fused-ring (bicyclic) bond motifs is 22. The molecule has 3 aliphatic carbocycles. The summed E-state index contributed by atoms with van der Waals surface area (Å²) in [7, 11) is 0. The second-order valence-corrected chi connectivity index (χ2v) is 37.6. The van der Waals surface area contributed by atoms with Gasteiger partial charge in [-0.1, -0.05) is 295 Å². The van der Waals surface area contributed by atoms with E-state index in [2.05, 4.69) is 337 Å². The second kappa shape index (κ2) is 32.4. The van der Waals surface area contributed by atoms with E-state index in [9.17, 15) is 28.8 Å². The lowest BCUT2D eigenvalue weighted by Crippen LogP contribution is -2.31. The summed E-state index contributed by atoms with van der Waals surface area (Å²) in [4.78, 5) is 95.4. The molecule has 656 valence electrons. The summed E-state index contributed by atoms with van der Waals surface area (Å²) in [5, 5.41) is 15.7. The normalized spacial score (nSPS) is 14.6. The van der Waals surface area contributed by atoms with Crippen molar-refractivity contribution in [3.05, 3.63) is 502 Å². The Bertz CT molecular complexity index is 8990. The van der Waals surface area contributed by atoms with Gasteiger partial charge in [0.15, 0.2) is 23.1 Å². The highest BCUT2D eigenvalue weighted by Gasteiger charge is 2.43. The number of allylic oxidation sites excluding steroid dienone is 3. The molecule has 0 unspecified atom stereocenters. The van der Waals surface area contributed by atoms with Gasteiger partial charge in [-0.05, 0) is 288 Å². The van der Waals surface area contributed by atoms with Gasteiger partial charge in [-0.2, -0.15) is 0 Å². The Morgan fingerprint density at radius 2 is 0.554 bits per heavy atom. The number of hydrogen-bond donors (Lipinski definition) is 0. The van der Waals surface area contributed by atoms with E-state index < -0.39 is 0 Å². The lowest BCUT2D eigenvalue weighted by atomic mass is 9.71. The predicted octanol–water partition coefficient (Wildman–Crippen LogP) is 31.3. The standard InChI is InChI=1S/C46H27NO2.C45H31NO2.C37H25N3O2/c48-45-39-25-30-11-4-5-12-31(30)26-40(39)46(49)41(45)23-28-18-20-35-33(22-28)19-21-42-44(35)37-17-9-8-16-36(37)38-24-29-10-6-7-13-32(29)27-43(38)47(42)34-14-2-1-3-15-34;1-45(2)39-26-30-13-9-10-14-31(30)27-41(39)46(34-15-7-4-8-16-34)40-22-19-33-23-28(17-20-35(33)42(40)45)24-38-43(47)36-21-18-32(25-37(36)44(38)48)29-11-5-3-6-12-29;1-37(2)29-20-23-8-6-7-9-24(23)21-31(29)40(26-10-4-3-5-11-26)30-15-13-25-18-22(12-14-27(25)32(30)37)19-28-35(41)33-34(36(28)42)39-17-16-38-33/h1-27H;3-27H,1-2H3;3-21H,1-2H3/b;38-24-;. The van der Waals surface area contributed by atoms with Crippen LogP contribution in [0.4, 0.5) is 51.2 Å². The number of anilines is 9. The SMILES string of the molecule is CC1(C)c2cc3ccccc3cc2N(c2ccccc2)c2ccc3cc(/C=C4/C(=O)c5ccc(-c6ccccc6)cc5C4=O)ccc3c21.CC1(C)c2cc3ccccc3cc2N(c2ccccc2)c2ccc3cc(C=C4C(=O)c5nccnc5C4=O)ccc3c21.O=C1C(=Cc2ccc3c4c(ccc3c2)N(c2ccccc2)c2cc3ccccc3cc2-c2ccccc2-4)C(=O)c2cc3ccccc3cc21. The molecule has 0 amide bonds. The molecule has 0 bridgehead atoms. The third-order valence-corrected chi connectivity index (χ3v) is 28.7. The minimum absolute atomic E-state index is 0.102. The largest absolute Gasteiger partial charge is 0.310 e. The van der Waals surface area contributed by atoms with Crippen LogP contribution in [-0.2, 0) is 10.8 Å². The van der Waals surface area contributed by atoms with Crippen molar-refractivity contribution in [1.82, 2.24) is 9.97 Å². The average Bonchev–Trinajstić information content (AvgIpc) is 1.63. The molecule has 0 radical (unpaired) electrons. The number of Topliss-reactive ketones (excluding diaryl/α,β-unsaturated/α-hetero) is 6. The van der Waals surface area contributed by atoms with Crippen LogP contribution in [0.5, 0.6) is 0 Å². The van der Waals surface area contributed by atoms with Gasteiger partial charge < -0.3 is 14.7 Å². The highest BCUT2D eigenvalue weighted by atomic mass is 16.2. The topological polar surface area (TPSA) is 138 Å². The number of carbonyl (C=O) groups is 6. The summed E-state index contributed by atoms with van der Waals surface area (Å²) in [6.07, 6.45) is 8.05. The van der Waals surface area contributed by atoms with Gasteiger partial charge in [-0.25, -0.2) is 9.97 Å². The van der Waals surface area contributed by atoms with E-state index in [-0.39, 0.29) is 73.6 Å². The van der Waals surface area contributed by atoms with Crippen LogP contribution in [0.25, 0.3) is 127 Å². The van der Waals surface area contributed by atoms with E-state index in [4.69, 9.17) is 0 Å². The Morgan fingerprint density at radius 1 is 0.223 bits per heavy atom. The van der Waals surface area contributed by atoms with Crippen molar-refractivity contribution in [2.45, 2.75) is 38.5 Å². The maximum atomic E-state index is 13.6. The fourth-order valence-electron chi connectivity index (χ4n) is 22.1. The average molecular weight is 1790 g/mol. The minimum Gasteiger partial charge on any atom is -0.310 e. The number of aromatic nitrogens is 2. The van der Waals surface area contributed by atoms with Crippen LogP contribution in [0.1, 0.15) is 129 Å². The molecule has 0 fully saturated rings.